The van der Waals surface area contributed by atoms with E-state index in [1.165, 1.54) is 0 Å². The van der Waals surface area contributed by atoms with Gasteiger partial charge in [0.15, 0.2) is 0 Å². The van der Waals surface area contributed by atoms with E-state index in [-0.39, 0.29) is 10.4 Å². The topological polar surface area (TPSA) is 3.01 Å². The van der Waals surface area contributed by atoms with Gasteiger partial charge in [0.1, 0.15) is 13.1 Å². The van der Waals surface area contributed by atoms with Crippen LogP contribution in [-0.4, -0.2) is 41.4 Å². The zero-order valence-electron chi connectivity index (χ0n) is 5.31. The average Bonchev–Trinajstić information content (AvgIpc) is 2.52. The van der Waals surface area contributed by atoms with Crippen LogP contribution in [0.5, 0.6) is 0 Å². The van der Waals surface area contributed by atoms with Gasteiger partial charge in [-0.05, 0) is 4.48 Å². The van der Waals surface area contributed by atoms with Crippen LogP contribution in [0.15, 0.2) is 0 Å². The van der Waals surface area contributed by atoms with E-state index in [9.17, 15) is 4.48 Å². The van der Waals surface area contributed by atoms with Crippen LogP contribution in [0.25, 0.3) is 0 Å². The van der Waals surface area contributed by atoms with Gasteiger partial charge in [0.2, 0.25) is 5.66 Å². The monoisotopic (exact) mass is 129 g/mol. The lowest BCUT2D eigenvalue weighted by atomic mass is 10.0. The average molecular weight is 129 g/mol. The molecule has 2 nitrogen and oxygen atoms in total. The number of piperazine rings is 1. The maximum atomic E-state index is 13.4. The molecule has 3 fully saturated rings. The molecule has 3 unspecified atom stereocenters. The maximum absolute atomic E-state index is 13.4. The molecule has 1 spiro atoms. The van der Waals surface area contributed by atoms with Gasteiger partial charge < -0.3 is 0 Å². The third-order valence-corrected chi connectivity index (χ3v) is 3.27. The van der Waals surface area contributed by atoms with Crippen LogP contribution in [0.2, 0.25) is 0 Å². The summed E-state index contributed by atoms with van der Waals surface area (Å²) >= 11 is 0. The van der Waals surface area contributed by atoms with Gasteiger partial charge in [-0.15, -0.1) is 4.71 Å². The molecule has 0 bridgehead atoms. The molecule has 0 aromatic rings. The van der Waals surface area contributed by atoms with Crippen LogP contribution in [-0.2, 0) is 0 Å². The number of halogens is 1. The Morgan fingerprint density at radius 1 is 1.44 bits per heavy atom. The minimum Gasteiger partial charge on any atom is -0.234 e. The van der Waals surface area contributed by atoms with E-state index in [1.54, 1.807) is 0 Å². The number of rotatable bonds is 0. The molecule has 3 rings (SSSR count). The molecular weight excluding hydrogens is 119 g/mol. The lowest BCUT2D eigenvalue weighted by Gasteiger charge is -2.38. The van der Waals surface area contributed by atoms with E-state index in [0.717, 1.165) is 32.6 Å². The van der Waals surface area contributed by atoms with Gasteiger partial charge in [-0.3, -0.25) is 0 Å². The van der Waals surface area contributed by atoms with Crippen molar-refractivity contribution in [2.45, 2.75) is 12.1 Å². The fourth-order valence-corrected chi connectivity index (χ4v) is 2.39. The summed E-state index contributed by atoms with van der Waals surface area (Å²) in [7, 11) is 0. The summed E-state index contributed by atoms with van der Waals surface area (Å²) in [6.45, 7) is 3.55. The Hall–Kier alpha value is -0.150. The predicted octanol–water partition coefficient (Wildman–Crippen LogP) is 0.117. The summed E-state index contributed by atoms with van der Waals surface area (Å²) in [5, 5.41) is 0. The molecule has 0 aromatic heterocycles. The molecule has 0 aliphatic carbocycles. The van der Waals surface area contributed by atoms with Crippen molar-refractivity contribution in [3.8, 4) is 0 Å². The molecule has 3 saturated heterocycles. The Labute approximate surface area is 53.4 Å². The van der Waals surface area contributed by atoms with Gasteiger partial charge in [-0.2, -0.15) is 0 Å². The summed E-state index contributed by atoms with van der Waals surface area (Å²) < 4.78 is 13.3. The summed E-state index contributed by atoms with van der Waals surface area (Å²) in [4.78, 5) is 2.26. The van der Waals surface area contributed by atoms with Crippen molar-refractivity contribution in [3.05, 3.63) is 0 Å². The lowest BCUT2D eigenvalue weighted by molar-refractivity contribution is -1.11. The van der Waals surface area contributed by atoms with Gasteiger partial charge in [0.25, 0.3) is 0 Å². The Kier molecular flexibility index (Phi) is 0.481. The Bertz CT molecular complexity index is 173. The first-order valence-electron chi connectivity index (χ1n) is 3.59. The number of quaternary nitrogens is 1. The van der Waals surface area contributed by atoms with E-state index in [2.05, 4.69) is 4.90 Å². The molecule has 0 amide bonds. The largest absolute Gasteiger partial charge is 0.234 e. The van der Waals surface area contributed by atoms with Gasteiger partial charge in [0, 0.05) is 0 Å². The zero-order chi connectivity index (χ0) is 6.11. The van der Waals surface area contributed by atoms with Crippen molar-refractivity contribution in [3.63, 3.8) is 0 Å². The van der Waals surface area contributed by atoms with Crippen molar-refractivity contribution in [2.24, 2.45) is 0 Å². The van der Waals surface area contributed by atoms with Gasteiger partial charge in [0.05, 0.1) is 19.5 Å². The summed E-state index contributed by atoms with van der Waals surface area (Å²) in [6.07, 6.45) is 1.10. The second-order valence-corrected chi connectivity index (χ2v) is 3.46. The number of hydrogen-bond acceptors (Lipinski definition) is 1. The first-order chi connectivity index (χ1) is 4.27. The van der Waals surface area contributed by atoms with Crippen molar-refractivity contribution in [2.75, 3.05) is 26.2 Å². The van der Waals surface area contributed by atoms with Crippen LogP contribution in [0.3, 0.4) is 0 Å². The fourth-order valence-electron chi connectivity index (χ4n) is 2.39. The molecular formula is C6H10FN2+. The molecule has 3 aliphatic rings. The smallest absolute Gasteiger partial charge is 0.210 e. The molecule has 0 saturated carbocycles. The van der Waals surface area contributed by atoms with Gasteiger partial charge >= 0.3 is 0 Å². The van der Waals surface area contributed by atoms with Crippen molar-refractivity contribution < 1.29 is 9.19 Å². The number of nitrogens with zero attached hydrogens (tertiary/aromatic N) is 2. The normalized spacial score (nSPS) is 68.3. The number of hydrogen-bond donors (Lipinski definition) is 0. The molecule has 0 aromatic carbocycles. The lowest BCUT2D eigenvalue weighted by Crippen LogP contribution is -2.60. The molecule has 0 N–H and O–H groups in total. The minimum absolute atomic E-state index is 0.0417. The summed E-state index contributed by atoms with van der Waals surface area (Å²) in [5.74, 6) is 0. The molecule has 3 aliphatic heterocycles. The highest BCUT2D eigenvalue weighted by Crippen LogP contribution is 2.56. The van der Waals surface area contributed by atoms with Crippen LogP contribution >= 0.6 is 0 Å². The van der Waals surface area contributed by atoms with Crippen LogP contribution in [0, 0.1) is 0 Å². The van der Waals surface area contributed by atoms with E-state index >= 15 is 0 Å². The molecule has 9 heavy (non-hydrogen) atoms. The van der Waals surface area contributed by atoms with Crippen molar-refractivity contribution >= 4 is 0 Å². The summed E-state index contributed by atoms with van der Waals surface area (Å²) in [5.41, 5.74) is 0.0417. The highest BCUT2D eigenvalue weighted by Gasteiger charge is 2.80. The second kappa shape index (κ2) is 0.935. The predicted molar refractivity (Wildman–Crippen MR) is 30.0 cm³/mol. The quantitative estimate of drug-likeness (QED) is 0.331. The first-order valence-corrected chi connectivity index (χ1v) is 3.59. The third kappa shape index (κ3) is 0.282. The Morgan fingerprint density at radius 2 is 2.33 bits per heavy atom. The van der Waals surface area contributed by atoms with Crippen molar-refractivity contribution in [1.82, 2.24) is 4.90 Å². The fraction of sp³-hybridized carbons (Fsp3) is 1.00. The molecule has 3 atom stereocenters. The SMILES string of the molecule is F[N+]12CCN3CC31CC2. The van der Waals surface area contributed by atoms with Crippen molar-refractivity contribution in [1.29, 1.82) is 0 Å². The second-order valence-electron chi connectivity index (χ2n) is 3.46. The van der Waals surface area contributed by atoms with E-state index < -0.39 is 0 Å². The highest BCUT2D eigenvalue weighted by molar-refractivity contribution is 5.07. The minimum atomic E-state index is -0.118. The molecule has 50 valence electrons. The third-order valence-electron chi connectivity index (χ3n) is 3.27. The van der Waals surface area contributed by atoms with Gasteiger partial charge in [-0.1, -0.05) is 0 Å². The first kappa shape index (κ1) is 4.63. The highest BCUT2D eigenvalue weighted by atomic mass is 19.2. The van der Waals surface area contributed by atoms with E-state index in [1.807, 2.05) is 0 Å². The molecule has 3 heterocycles. The van der Waals surface area contributed by atoms with Crippen LogP contribution < -0.4 is 0 Å². The van der Waals surface area contributed by atoms with Crippen LogP contribution in [0.4, 0.5) is 4.48 Å². The van der Waals surface area contributed by atoms with E-state index in [0.29, 0.717) is 0 Å². The molecule has 3 heteroatoms. The summed E-state index contributed by atoms with van der Waals surface area (Å²) in [6, 6.07) is 0. The van der Waals surface area contributed by atoms with Crippen LogP contribution in [0.1, 0.15) is 6.42 Å². The molecule has 0 radical (unpaired) electrons. The Morgan fingerprint density at radius 3 is 2.56 bits per heavy atom. The van der Waals surface area contributed by atoms with E-state index in [4.69, 9.17) is 0 Å². The van der Waals surface area contributed by atoms with Gasteiger partial charge in [-0.25, -0.2) is 4.90 Å². The maximum Gasteiger partial charge on any atom is 0.210 e. The Balaban J connectivity index is 2.07. The standard InChI is InChI=1S/C6H10FN2/c7-9-3-1-6(9)5-8(6)2-4-9/h1-5H2/q+1. The zero-order valence-corrected chi connectivity index (χ0v) is 5.31.